The van der Waals surface area contributed by atoms with Gasteiger partial charge < -0.3 is 5.32 Å². The molecule has 0 aliphatic rings. The van der Waals surface area contributed by atoms with E-state index in [1.54, 1.807) is 24.4 Å². The number of nitrogens with one attached hydrogen (secondary N) is 1. The zero-order valence-corrected chi connectivity index (χ0v) is 10.8. The van der Waals surface area contributed by atoms with E-state index in [9.17, 15) is 14.4 Å². The van der Waals surface area contributed by atoms with Crippen LogP contribution >= 0.6 is 0 Å². The monoisotopic (exact) mass is 272 g/mol. The van der Waals surface area contributed by atoms with E-state index < -0.39 is 18.5 Å². The van der Waals surface area contributed by atoms with Gasteiger partial charge in [0, 0.05) is 18.8 Å². The first kappa shape index (κ1) is 15.3. The van der Waals surface area contributed by atoms with Crippen LogP contribution in [0.5, 0.6) is 0 Å². The number of nitrogens with zero attached hydrogens (tertiary/aromatic N) is 2. The summed E-state index contributed by atoms with van der Waals surface area (Å²) < 4.78 is 0. The molecule has 0 saturated carbocycles. The van der Waals surface area contributed by atoms with Gasteiger partial charge in [0.25, 0.3) is 5.91 Å². The lowest BCUT2D eigenvalue weighted by atomic mass is 10.3. The van der Waals surface area contributed by atoms with E-state index in [1.807, 2.05) is 0 Å². The van der Waals surface area contributed by atoms with E-state index in [1.165, 1.54) is 24.5 Å². The van der Waals surface area contributed by atoms with E-state index in [2.05, 4.69) is 16.9 Å². The van der Waals surface area contributed by atoms with Gasteiger partial charge in [-0.2, -0.15) is 0 Å². The van der Waals surface area contributed by atoms with Crippen LogP contribution < -0.4 is 5.32 Å². The van der Waals surface area contributed by atoms with Crippen LogP contribution in [0.25, 0.3) is 6.08 Å². The van der Waals surface area contributed by atoms with Gasteiger partial charge in [-0.3, -0.25) is 19.5 Å². The molecule has 0 atom stereocenters. The Kier molecular flexibility index (Phi) is 6.40. The Morgan fingerprint density at radius 1 is 1.45 bits per heavy atom. The average Bonchev–Trinajstić information content (AvgIpc) is 2.49. The predicted octanol–water partition coefficient (Wildman–Crippen LogP) is 0.929. The molecule has 0 spiro atoms. The van der Waals surface area contributed by atoms with Gasteiger partial charge in [-0.1, -0.05) is 12.1 Å². The number of pyridine rings is 1. The number of aromatic nitrogens is 1. The van der Waals surface area contributed by atoms with Crippen molar-refractivity contribution in [1.29, 1.82) is 0 Å². The van der Waals surface area contributed by atoms with Crippen molar-refractivity contribution in [3.05, 3.63) is 48.8 Å². The molecule has 20 heavy (non-hydrogen) atoms. The van der Waals surface area contributed by atoms with Crippen molar-refractivity contribution in [3.63, 3.8) is 0 Å². The molecular weight excluding hydrogens is 258 g/mol. The van der Waals surface area contributed by atoms with Crippen LogP contribution in [0.2, 0.25) is 0 Å². The molecule has 6 nitrogen and oxygen atoms in total. The lowest BCUT2D eigenvalue weighted by Crippen LogP contribution is -2.44. The molecule has 0 saturated heterocycles. The molecule has 0 aliphatic heterocycles. The molecule has 1 radical (unpaired) electrons. The second-order valence-corrected chi connectivity index (χ2v) is 3.63. The van der Waals surface area contributed by atoms with Gasteiger partial charge in [-0.25, -0.2) is 4.79 Å². The third-order valence-electron chi connectivity index (χ3n) is 2.22. The molecule has 1 aromatic rings. The number of amides is 3. The van der Waals surface area contributed by atoms with Gasteiger partial charge in [0.1, 0.15) is 0 Å². The van der Waals surface area contributed by atoms with E-state index in [4.69, 9.17) is 0 Å². The Labute approximate surface area is 116 Å². The molecule has 3 amide bonds. The molecular formula is C14H14N3O3. The molecule has 6 heteroatoms. The van der Waals surface area contributed by atoms with E-state index >= 15 is 0 Å². The number of hydrogen-bond donors (Lipinski definition) is 1. The zero-order valence-electron chi connectivity index (χ0n) is 10.8. The summed E-state index contributed by atoms with van der Waals surface area (Å²) in [7, 11) is 0. The highest BCUT2D eigenvalue weighted by Gasteiger charge is 2.18. The number of carbonyl (C=O) groups excluding carboxylic acids is 3. The molecule has 103 valence electrons. The number of rotatable bonds is 6. The smallest absolute Gasteiger partial charge is 0.325 e. The molecule has 1 aromatic heterocycles. The minimum absolute atomic E-state index is 0.200. The molecule has 0 aliphatic carbocycles. The maximum Gasteiger partial charge on any atom is 0.325 e. The zero-order chi connectivity index (χ0) is 14.8. The molecule has 0 bridgehead atoms. The van der Waals surface area contributed by atoms with Crippen molar-refractivity contribution in [3.8, 4) is 0 Å². The van der Waals surface area contributed by atoms with Crippen molar-refractivity contribution in [1.82, 2.24) is 15.2 Å². The Morgan fingerprint density at radius 2 is 2.25 bits per heavy atom. The van der Waals surface area contributed by atoms with Crippen molar-refractivity contribution in [2.45, 2.75) is 0 Å². The first-order chi connectivity index (χ1) is 9.69. The van der Waals surface area contributed by atoms with Crippen LogP contribution in [-0.4, -0.2) is 41.2 Å². The van der Waals surface area contributed by atoms with Crippen LogP contribution in [-0.2, 0) is 9.59 Å². The summed E-state index contributed by atoms with van der Waals surface area (Å²) in [5, 5.41) is 2.42. The number of carbonyl (C=O) groups is 2. The van der Waals surface area contributed by atoms with Crippen LogP contribution in [0.1, 0.15) is 5.69 Å². The molecule has 1 heterocycles. The van der Waals surface area contributed by atoms with E-state index in [0.717, 1.165) is 4.90 Å². The SMILES string of the molecule is C=CCNC(=O)N(C[C]=O)C(=O)C=Cc1ccccn1. The summed E-state index contributed by atoms with van der Waals surface area (Å²) in [6.45, 7) is 3.20. The van der Waals surface area contributed by atoms with Gasteiger partial charge >= 0.3 is 6.03 Å². The molecule has 0 fully saturated rings. The van der Waals surface area contributed by atoms with Crippen molar-refractivity contribution in [2.24, 2.45) is 0 Å². The van der Waals surface area contributed by atoms with Crippen molar-refractivity contribution in [2.75, 3.05) is 13.1 Å². The topological polar surface area (TPSA) is 79.4 Å². The van der Waals surface area contributed by atoms with Crippen LogP contribution in [0, 0.1) is 0 Å². The van der Waals surface area contributed by atoms with E-state index in [-0.39, 0.29) is 6.54 Å². The summed E-state index contributed by atoms with van der Waals surface area (Å²) in [4.78, 5) is 38.7. The highest BCUT2D eigenvalue weighted by Crippen LogP contribution is 1.99. The third-order valence-corrected chi connectivity index (χ3v) is 2.22. The maximum absolute atomic E-state index is 11.9. The third kappa shape index (κ3) is 4.85. The Bertz CT molecular complexity index is 512. The van der Waals surface area contributed by atoms with Gasteiger partial charge in [0.15, 0.2) is 0 Å². The Hall–Kier alpha value is -2.76. The van der Waals surface area contributed by atoms with Gasteiger partial charge in [0.2, 0.25) is 6.29 Å². The minimum atomic E-state index is -0.677. The summed E-state index contributed by atoms with van der Waals surface area (Å²) in [5.74, 6) is -0.624. The lowest BCUT2D eigenvalue weighted by molar-refractivity contribution is -0.122. The van der Waals surface area contributed by atoms with Crippen LogP contribution in [0.4, 0.5) is 4.79 Å². The number of hydrogen-bond acceptors (Lipinski definition) is 4. The van der Waals surface area contributed by atoms with Crippen molar-refractivity contribution >= 4 is 24.3 Å². The van der Waals surface area contributed by atoms with Gasteiger partial charge in [-0.05, 0) is 18.2 Å². The van der Waals surface area contributed by atoms with Gasteiger partial charge in [-0.15, -0.1) is 6.58 Å². The summed E-state index contributed by atoms with van der Waals surface area (Å²) in [5.41, 5.74) is 0.572. The minimum Gasteiger partial charge on any atom is -0.334 e. The van der Waals surface area contributed by atoms with Crippen LogP contribution in [0.15, 0.2) is 43.1 Å². The van der Waals surface area contributed by atoms with Crippen LogP contribution in [0.3, 0.4) is 0 Å². The van der Waals surface area contributed by atoms with E-state index in [0.29, 0.717) is 5.69 Å². The fourth-order valence-corrected chi connectivity index (χ4v) is 1.29. The fraction of sp³-hybridized carbons (Fsp3) is 0.143. The summed E-state index contributed by atoms with van der Waals surface area (Å²) >= 11 is 0. The Morgan fingerprint density at radius 3 is 2.85 bits per heavy atom. The Balaban J connectivity index is 2.73. The quantitative estimate of drug-likeness (QED) is 0.617. The largest absolute Gasteiger partial charge is 0.334 e. The van der Waals surface area contributed by atoms with Crippen molar-refractivity contribution < 1.29 is 14.4 Å². The first-order valence-corrected chi connectivity index (χ1v) is 5.83. The maximum atomic E-state index is 11.9. The predicted molar refractivity (Wildman–Crippen MR) is 74.3 cm³/mol. The normalized spacial score (nSPS) is 10.0. The number of imide groups is 1. The first-order valence-electron chi connectivity index (χ1n) is 5.83. The highest BCUT2D eigenvalue weighted by atomic mass is 16.2. The van der Waals surface area contributed by atoms with Gasteiger partial charge in [0.05, 0.1) is 12.2 Å². The number of urea groups is 1. The molecule has 0 unspecified atom stereocenters. The molecule has 1 N–H and O–H groups in total. The second-order valence-electron chi connectivity index (χ2n) is 3.63. The standard InChI is InChI=1S/C14H14N3O3/c1-2-8-16-14(20)17(10-11-18)13(19)7-6-12-5-3-4-9-15-12/h2-7,9H,1,8,10H2,(H,16,20). The fourth-order valence-electron chi connectivity index (χ4n) is 1.29. The summed E-state index contributed by atoms with van der Waals surface area (Å²) in [6, 6.07) is 4.54. The molecule has 0 aromatic carbocycles. The average molecular weight is 272 g/mol. The molecule has 1 rings (SSSR count). The highest BCUT2D eigenvalue weighted by molar-refractivity contribution is 6.03. The lowest BCUT2D eigenvalue weighted by Gasteiger charge is -2.16. The summed E-state index contributed by atoms with van der Waals surface area (Å²) in [6.07, 6.45) is 7.20. The second kappa shape index (κ2) is 8.36.